The summed E-state index contributed by atoms with van der Waals surface area (Å²) in [5, 5.41) is 15.8. The molecule has 0 aliphatic carbocycles. The molecule has 1 atom stereocenters. The first-order valence-corrected chi connectivity index (χ1v) is 9.34. The number of guanidine groups is 1. The van der Waals surface area contributed by atoms with Crippen molar-refractivity contribution < 1.29 is 9.50 Å². The van der Waals surface area contributed by atoms with E-state index in [4.69, 9.17) is 0 Å². The van der Waals surface area contributed by atoms with Gasteiger partial charge in [0.2, 0.25) is 0 Å². The number of aliphatic imine (C=N–C) groups is 1. The summed E-state index contributed by atoms with van der Waals surface area (Å²) >= 11 is 0. The van der Waals surface area contributed by atoms with Crippen LogP contribution in [0.15, 0.2) is 23.2 Å². The van der Waals surface area contributed by atoms with E-state index in [2.05, 4.69) is 29.5 Å². The molecule has 1 rings (SSSR count). The summed E-state index contributed by atoms with van der Waals surface area (Å²) in [7, 11) is 0. The average Bonchev–Trinajstić information content (AvgIpc) is 2.54. The van der Waals surface area contributed by atoms with Gasteiger partial charge in [0.05, 0.1) is 0 Å². The molecular weight excluding hydrogens is 444 g/mol. The lowest BCUT2D eigenvalue weighted by Crippen LogP contribution is -2.38. The van der Waals surface area contributed by atoms with Crippen LogP contribution in [0.2, 0.25) is 0 Å². The van der Waals surface area contributed by atoms with Gasteiger partial charge in [-0.2, -0.15) is 0 Å². The van der Waals surface area contributed by atoms with Crippen LogP contribution in [-0.4, -0.2) is 37.3 Å². The first kappa shape index (κ1) is 25.1. The summed E-state index contributed by atoms with van der Waals surface area (Å²) in [5.74, 6) is 1.61. The summed E-state index contributed by atoms with van der Waals surface area (Å²) in [4.78, 5) is 4.68. The molecule has 0 amide bonds. The van der Waals surface area contributed by atoms with Crippen molar-refractivity contribution in [3.63, 3.8) is 0 Å². The number of nitrogens with one attached hydrogen (secondary N) is 2. The van der Waals surface area contributed by atoms with E-state index in [9.17, 15) is 9.50 Å². The Balaban J connectivity index is 0.00000625. The van der Waals surface area contributed by atoms with Gasteiger partial charge in [0.15, 0.2) is 5.96 Å². The van der Waals surface area contributed by atoms with E-state index in [-0.39, 0.29) is 36.4 Å². The maximum absolute atomic E-state index is 13.2. The van der Waals surface area contributed by atoms with Crippen LogP contribution < -0.4 is 10.6 Å². The Hall–Kier alpha value is -0.890. The predicted octanol–water partition coefficient (Wildman–Crippen LogP) is 3.89. The third-order valence-electron chi connectivity index (χ3n) is 4.19. The maximum atomic E-state index is 13.2. The quantitative estimate of drug-likeness (QED) is 0.271. The van der Waals surface area contributed by atoms with Gasteiger partial charge in [-0.15, -0.1) is 24.0 Å². The number of halogens is 2. The highest BCUT2D eigenvalue weighted by Gasteiger charge is 2.10. The van der Waals surface area contributed by atoms with Gasteiger partial charge in [-0.05, 0) is 68.2 Å². The predicted molar refractivity (Wildman–Crippen MR) is 119 cm³/mol. The van der Waals surface area contributed by atoms with E-state index >= 15 is 0 Å². The van der Waals surface area contributed by atoms with E-state index in [0.29, 0.717) is 18.4 Å². The largest absolute Gasteiger partial charge is 0.396 e. The van der Waals surface area contributed by atoms with Crippen molar-refractivity contribution in [1.29, 1.82) is 0 Å². The molecule has 0 aromatic heterocycles. The van der Waals surface area contributed by atoms with Crippen molar-refractivity contribution in [3.8, 4) is 0 Å². The Bertz CT molecular complexity index is 538. The first-order valence-electron chi connectivity index (χ1n) is 9.34. The first-order chi connectivity index (χ1) is 12.0. The topological polar surface area (TPSA) is 56.7 Å². The minimum atomic E-state index is -0.191. The van der Waals surface area contributed by atoms with Gasteiger partial charge in [-0.3, -0.25) is 4.99 Å². The number of aliphatic hydroxyl groups excluding tert-OH is 1. The minimum absolute atomic E-state index is 0. The molecule has 0 heterocycles. The molecule has 0 saturated heterocycles. The van der Waals surface area contributed by atoms with Crippen LogP contribution in [-0.2, 0) is 6.42 Å². The number of aliphatic hydroxyl groups is 1. The molecule has 0 aliphatic rings. The fourth-order valence-corrected chi connectivity index (χ4v) is 2.95. The molecule has 0 radical (unpaired) electrons. The molecule has 4 nitrogen and oxygen atoms in total. The van der Waals surface area contributed by atoms with E-state index in [0.717, 1.165) is 49.4 Å². The number of nitrogens with zero attached hydrogens (tertiary/aromatic N) is 1. The smallest absolute Gasteiger partial charge is 0.191 e. The Labute approximate surface area is 175 Å². The zero-order valence-corrected chi connectivity index (χ0v) is 18.8. The standard InChI is InChI=1S/C20H34FN3O.HI/c1-5-22-20(24-14-17(9-11-25)12-15(2)3)23-10-8-18-6-7-19(21)13-16(18)4;/h6-7,13,15,17,25H,5,8-12,14H2,1-4H3,(H2,22,23,24);1H. The number of benzene rings is 1. The van der Waals surface area contributed by atoms with Crippen LogP contribution in [0.25, 0.3) is 0 Å². The van der Waals surface area contributed by atoms with Crippen LogP contribution in [0.1, 0.15) is 44.7 Å². The number of hydrogen-bond donors (Lipinski definition) is 3. The summed E-state index contributed by atoms with van der Waals surface area (Å²) < 4.78 is 13.2. The zero-order chi connectivity index (χ0) is 18.7. The van der Waals surface area contributed by atoms with Crippen molar-refractivity contribution in [2.75, 3.05) is 26.2 Å². The lowest BCUT2D eigenvalue weighted by molar-refractivity contribution is 0.245. The molecule has 150 valence electrons. The fraction of sp³-hybridized carbons (Fsp3) is 0.650. The molecule has 6 heteroatoms. The van der Waals surface area contributed by atoms with Gasteiger partial charge in [-0.1, -0.05) is 19.9 Å². The summed E-state index contributed by atoms with van der Waals surface area (Å²) in [6.45, 7) is 10.8. The summed E-state index contributed by atoms with van der Waals surface area (Å²) in [5.41, 5.74) is 2.12. The van der Waals surface area contributed by atoms with Crippen molar-refractivity contribution >= 4 is 29.9 Å². The highest BCUT2D eigenvalue weighted by molar-refractivity contribution is 14.0. The molecule has 26 heavy (non-hydrogen) atoms. The molecule has 1 aromatic carbocycles. The van der Waals surface area contributed by atoms with E-state index in [1.54, 1.807) is 6.07 Å². The number of hydrogen-bond acceptors (Lipinski definition) is 2. The summed E-state index contributed by atoms with van der Waals surface area (Å²) in [6, 6.07) is 4.92. The second-order valence-electron chi connectivity index (χ2n) is 6.98. The molecule has 0 saturated carbocycles. The van der Waals surface area contributed by atoms with Crippen LogP contribution in [0.3, 0.4) is 0 Å². The number of aryl methyl sites for hydroxylation is 1. The van der Waals surface area contributed by atoms with Crippen molar-refractivity contribution in [2.45, 2.75) is 47.0 Å². The Kier molecular flexibility index (Phi) is 13.7. The Morgan fingerprint density at radius 2 is 2.00 bits per heavy atom. The van der Waals surface area contributed by atoms with Gasteiger partial charge in [0.25, 0.3) is 0 Å². The van der Waals surface area contributed by atoms with Gasteiger partial charge in [0, 0.05) is 26.2 Å². The lowest BCUT2D eigenvalue weighted by Gasteiger charge is -2.17. The van der Waals surface area contributed by atoms with Crippen LogP contribution in [0.4, 0.5) is 4.39 Å². The third kappa shape index (κ3) is 10.3. The molecule has 1 unspecified atom stereocenters. The molecular formula is C20H35FIN3O. The molecule has 0 spiro atoms. The van der Waals surface area contributed by atoms with Crippen molar-refractivity contribution in [1.82, 2.24) is 10.6 Å². The highest BCUT2D eigenvalue weighted by Crippen LogP contribution is 2.15. The van der Waals surface area contributed by atoms with Gasteiger partial charge >= 0.3 is 0 Å². The number of rotatable bonds is 10. The molecule has 3 N–H and O–H groups in total. The lowest BCUT2D eigenvalue weighted by atomic mass is 9.94. The second kappa shape index (κ2) is 14.2. The van der Waals surface area contributed by atoms with E-state index in [1.807, 2.05) is 19.9 Å². The highest BCUT2D eigenvalue weighted by atomic mass is 127. The SMILES string of the molecule is CCNC(=NCC(CCO)CC(C)C)NCCc1ccc(F)cc1C.I. The van der Waals surface area contributed by atoms with Crippen molar-refractivity contribution in [3.05, 3.63) is 35.1 Å². The molecule has 0 fully saturated rings. The fourth-order valence-electron chi connectivity index (χ4n) is 2.95. The van der Waals surface area contributed by atoms with Gasteiger partial charge in [0.1, 0.15) is 5.82 Å². The van der Waals surface area contributed by atoms with Gasteiger partial charge < -0.3 is 15.7 Å². The van der Waals surface area contributed by atoms with Crippen LogP contribution in [0, 0.1) is 24.6 Å². The van der Waals surface area contributed by atoms with E-state index < -0.39 is 0 Å². The van der Waals surface area contributed by atoms with E-state index in [1.165, 1.54) is 6.07 Å². The normalized spacial score (nSPS) is 12.7. The molecule has 0 bridgehead atoms. The van der Waals surface area contributed by atoms with Gasteiger partial charge in [-0.25, -0.2) is 4.39 Å². The average molecular weight is 479 g/mol. The van der Waals surface area contributed by atoms with Crippen molar-refractivity contribution in [2.24, 2.45) is 16.8 Å². The second-order valence-corrected chi connectivity index (χ2v) is 6.98. The minimum Gasteiger partial charge on any atom is -0.396 e. The molecule has 0 aliphatic heterocycles. The monoisotopic (exact) mass is 479 g/mol. The Morgan fingerprint density at radius 1 is 1.27 bits per heavy atom. The third-order valence-corrected chi connectivity index (χ3v) is 4.19. The summed E-state index contributed by atoms with van der Waals surface area (Å²) in [6.07, 6.45) is 2.68. The molecule has 1 aromatic rings. The maximum Gasteiger partial charge on any atom is 0.191 e. The van der Waals surface area contributed by atoms with Crippen LogP contribution in [0.5, 0.6) is 0 Å². The van der Waals surface area contributed by atoms with Crippen LogP contribution >= 0.6 is 24.0 Å². The Morgan fingerprint density at radius 3 is 2.58 bits per heavy atom. The zero-order valence-electron chi connectivity index (χ0n) is 16.5.